The van der Waals surface area contributed by atoms with Crippen LogP contribution in [0.5, 0.6) is 34.5 Å². The molecule has 0 aliphatic carbocycles. The minimum atomic E-state index is -0.106. The first-order valence-electron chi connectivity index (χ1n) is 20.3. The van der Waals surface area contributed by atoms with E-state index >= 15 is 0 Å². The number of hydrogen-bond acceptors (Lipinski definition) is 9. The lowest BCUT2D eigenvalue weighted by molar-refractivity contribution is 0.415. The highest BCUT2D eigenvalue weighted by molar-refractivity contribution is 6.12. The van der Waals surface area contributed by atoms with Crippen LogP contribution in [-0.2, 0) is 13.0 Å². The molecule has 2 aliphatic rings. The van der Waals surface area contributed by atoms with Crippen molar-refractivity contribution in [3.8, 4) is 56.8 Å². The maximum atomic E-state index is 12.4. The number of fused-ring (bicyclic) bond motifs is 3. The number of ether oxygens (including phenoxy) is 2. The molecule has 0 radical (unpaired) electrons. The summed E-state index contributed by atoms with van der Waals surface area (Å²) in [7, 11) is 3.11. The van der Waals surface area contributed by atoms with Crippen LogP contribution in [0.25, 0.3) is 49.4 Å². The zero-order chi connectivity index (χ0) is 42.7. The number of nitrogens with one attached hydrogen (secondary N) is 2. The van der Waals surface area contributed by atoms with Gasteiger partial charge in [-0.15, -0.1) is 0 Å². The number of aryl methyl sites for hydroxylation is 2. The van der Waals surface area contributed by atoms with Gasteiger partial charge in [0.15, 0.2) is 0 Å². The highest BCUT2D eigenvalue weighted by atomic mass is 16.5. The second-order valence-corrected chi connectivity index (χ2v) is 14.8. The summed E-state index contributed by atoms with van der Waals surface area (Å²) in [5.41, 5.74) is 8.52. The molecular weight excluding hydrogens is 729 g/mol. The van der Waals surface area contributed by atoms with Crippen LogP contribution in [0.1, 0.15) is 82.7 Å². The summed E-state index contributed by atoms with van der Waals surface area (Å²) >= 11 is 0. The van der Waals surface area contributed by atoms with Crippen molar-refractivity contribution >= 4 is 27.1 Å². The fourth-order valence-electron chi connectivity index (χ4n) is 8.44. The summed E-state index contributed by atoms with van der Waals surface area (Å²) in [4.78, 5) is 0. The van der Waals surface area contributed by atoms with Gasteiger partial charge in [-0.1, -0.05) is 46.4 Å². The highest BCUT2D eigenvalue weighted by Gasteiger charge is 2.30. The van der Waals surface area contributed by atoms with Gasteiger partial charge in [0, 0.05) is 59.1 Å². The van der Waals surface area contributed by atoms with Gasteiger partial charge in [-0.05, 0) is 128 Å². The molecule has 9 nitrogen and oxygen atoms in total. The molecule has 58 heavy (non-hydrogen) atoms. The molecule has 0 bridgehead atoms. The smallest absolute Gasteiger partial charge is 0.135 e. The Balaban J connectivity index is 0.00000155. The Labute approximate surface area is 343 Å². The molecule has 2 aliphatic heterocycles. The van der Waals surface area contributed by atoms with E-state index in [1.165, 1.54) is 12.1 Å². The fourth-order valence-corrected chi connectivity index (χ4v) is 8.44. The molecule has 0 spiro atoms. The second kappa shape index (κ2) is 17.9. The molecule has 2 atom stereocenters. The van der Waals surface area contributed by atoms with Gasteiger partial charge < -0.3 is 45.6 Å². The van der Waals surface area contributed by atoms with Gasteiger partial charge in [-0.2, -0.15) is 0 Å². The monoisotopic (exact) mass is 788 g/mol. The van der Waals surface area contributed by atoms with Crippen molar-refractivity contribution in [2.75, 3.05) is 20.8 Å². The third-order valence-corrected chi connectivity index (χ3v) is 11.1. The fraction of sp³-hybridized carbons (Fsp3) is 0.347. The van der Waals surface area contributed by atoms with E-state index in [2.05, 4.69) is 31.1 Å². The van der Waals surface area contributed by atoms with E-state index in [4.69, 9.17) is 9.47 Å². The Morgan fingerprint density at radius 3 is 1.79 bits per heavy atom. The number of aromatic hydroxyl groups is 4. The average Bonchev–Trinajstić information content (AvgIpc) is 3.21. The molecule has 7 N–H and O–H groups in total. The van der Waals surface area contributed by atoms with Crippen LogP contribution in [0.2, 0.25) is 0 Å². The SMILES string of the molecule is C=C/C(O)=C1/CNC(C)C/C1=C(/C)c1cc(-c2cc(-c3c(O)cc(O)c4c3CC(C)NC4)c3cc(C)cc(OC)c3c2O)c(O)c2c(OC)cc(C)cc12.CC.CC. The summed E-state index contributed by atoms with van der Waals surface area (Å²) in [6, 6.07) is 13.0. The van der Waals surface area contributed by atoms with Crippen molar-refractivity contribution < 1.29 is 35.0 Å². The van der Waals surface area contributed by atoms with Crippen LogP contribution >= 0.6 is 0 Å². The average molecular weight is 789 g/mol. The Kier molecular flexibility index (Phi) is 13.4. The lowest BCUT2D eigenvalue weighted by Crippen LogP contribution is -2.35. The zero-order valence-corrected chi connectivity index (χ0v) is 35.9. The molecule has 9 heteroatoms. The molecule has 5 aromatic rings. The van der Waals surface area contributed by atoms with Gasteiger partial charge in [0.2, 0.25) is 0 Å². The van der Waals surface area contributed by atoms with Crippen LogP contribution in [0, 0.1) is 13.8 Å². The van der Waals surface area contributed by atoms with E-state index < -0.39 is 0 Å². The van der Waals surface area contributed by atoms with Crippen LogP contribution < -0.4 is 20.1 Å². The third-order valence-electron chi connectivity index (χ3n) is 11.1. The van der Waals surface area contributed by atoms with E-state index in [1.807, 2.05) is 84.9 Å². The summed E-state index contributed by atoms with van der Waals surface area (Å²) in [5.74, 6) is 0.709. The van der Waals surface area contributed by atoms with Crippen LogP contribution in [0.4, 0.5) is 0 Å². The first kappa shape index (κ1) is 43.5. The Hall–Kier alpha value is -5.64. The number of phenols is 4. The first-order valence-corrected chi connectivity index (χ1v) is 20.3. The molecule has 1 saturated heterocycles. The molecule has 0 saturated carbocycles. The van der Waals surface area contributed by atoms with Crippen molar-refractivity contribution in [3.05, 3.63) is 99.8 Å². The van der Waals surface area contributed by atoms with Crippen molar-refractivity contribution in [3.63, 3.8) is 0 Å². The minimum Gasteiger partial charge on any atom is -0.508 e. The van der Waals surface area contributed by atoms with Gasteiger partial charge in [-0.25, -0.2) is 0 Å². The van der Waals surface area contributed by atoms with Gasteiger partial charge in [0.05, 0.1) is 25.0 Å². The lowest BCUT2D eigenvalue weighted by Gasteiger charge is -2.29. The van der Waals surface area contributed by atoms with Crippen LogP contribution in [0.15, 0.2) is 72.0 Å². The molecule has 7 rings (SSSR count). The number of piperidine rings is 1. The van der Waals surface area contributed by atoms with E-state index in [0.717, 1.165) is 44.4 Å². The Bertz CT molecular complexity index is 2460. The molecule has 5 aromatic carbocycles. The van der Waals surface area contributed by atoms with Gasteiger partial charge in [-0.3, -0.25) is 0 Å². The largest absolute Gasteiger partial charge is 0.508 e. The molecule has 1 fully saturated rings. The van der Waals surface area contributed by atoms with E-state index in [0.29, 0.717) is 81.4 Å². The number of allylic oxidation sites excluding steroid dienone is 2. The molecule has 0 aromatic heterocycles. The lowest BCUT2D eigenvalue weighted by atomic mass is 9.82. The van der Waals surface area contributed by atoms with Gasteiger partial charge in [0.1, 0.15) is 40.3 Å². The standard InChI is InChI=1S/C45H48N2O7.2C2H6/c1-9-36(48)34-19-46-23(4)14-26(34)25(6)27-16-32(44(51)42-28(27)10-21(2)12-39(42)53-7)33-17-31(29-11-22(3)13-40(54-8)43(29)45(33)52)41-30-15-24(5)47-20-35(30)37(49)18-38(41)50;2*1-2/h9-13,16-18,23-24,46-52H,1,14-15,19-20H2,2-8H3;2*1-2H3/b26-25+,36-34+;;. The number of phenolic OH excluding ortho intramolecular Hbond substituents is 4. The zero-order valence-electron chi connectivity index (χ0n) is 35.9. The molecule has 0 amide bonds. The van der Waals surface area contributed by atoms with Crippen LogP contribution in [0.3, 0.4) is 0 Å². The number of rotatable bonds is 6. The predicted octanol–water partition coefficient (Wildman–Crippen LogP) is 11.0. The predicted molar refractivity (Wildman–Crippen MR) is 239 cm³/mol. The molecular formula is C49H60N2O7. The number of methoxy groups -OCH3 is 2. The summed E-state index contributed by atoms with van der Waals surface area (Å²) < 4.78 is 11.8. The van der Waals surface area contributed by atoms with Crippen molar-refractivity contribution in [2.24, 2.45) is 0 Å². The number of hydrogen-bond donors (Lipinski definition) is 7. The normalized spacial score (nSPS) is 18.0. The molecule has 308 valence electrons. The summed E-state index contributed by atoms with van der Waals surface area (Å²) in [6.45, 7) is 22.8. The van der Waals surface area contributed by atoms with Crippen molar-refractivity contribution in [1.29, 1.82) is 0 Å². The number of aliphatic hydroxyl groups is 1. The van der Waals surface area contributed by atoms with Crippen molar-refractivity contribution in [2.45, 2.75) is 93.8 Å². The van der Waals surface area contributed by atoms with E-state index in [9.17, 15) is 25.5 Å². The number of aliphatic hydroxyl groups excluding tert-OH is 1. The molecule has 2 heterocycles. The topological polar surface area (TPSA) is 144 Å². The van der Waals surface area contributed by atoms with Crippen molar-refractivity contribution in [1.82, 2.24) is 10.6 Å². The van der Waals surface area contributed by atoms with Gasteiger partial charge in [0.25, 0.3) is 0 Å². The summed E-state index contributed by atoms with van der Waals surface area (Å²) in [6.07, 6.45) is 2.63. The Morgan fingerprint density at radius 1 is 0.672 bits per heavy atom. The van der Waals surface area contributed by atoms with E-state index in [-0.39, 0.29) is 40.8 Å². The van der Waals surface area contributed by atoms with E-state index in [1.54, 1.807) is 14.2 Å². The number of benzene rings is 5. The Morgan fingerprint density at radius 2 is 1.21 bits per heavy atom. The third kappa shape index (κ3) is 7.68. The summed E-state index contributed by atoms with van der Waals surface area (Å²) in [5, 5.41) is 67.5. The maximum absolute atomic E-state index is 12.4. The molecule has 2 unspecified atom stereocenters. The quantitative estimate of drug-likeness (QED) is 0.0837. The van der Waals surface area contributed by atoms with Crippen LogP contribution in [-0.4, -0.2) is 58.4 Å². The maximum Gasteiger partial charge on any atom is 0.135 e. The highest BCUT2D eigenvalue weighted by Crippen LogP contribution is 2.54. The minimum absolute atomic E-state index is 0.00794. The van der Waals surface area contributed by atoms with Gasteiger partial charge >= 0.3 is 0 Å². The second-order valence-electron chi connectivity index (χ2n) is 14.8. The first-order chi connectivity index (χ1) is 27.8.